The second-order valence-electron chi connectivity index (χ2n) is 5.52. The second kappa shape index (κ2) is 8.52. The molecule has 1 amide bonds. The van der Waals surface area contributed by atoms with Crippen LogP contribution in [0.3, 0.4) is 0 Å². The Morgan fingerprint density at radius 1 is 1.36 bits per heavy atom. The number of carbonyl (C=O) groups excluding carboxylic acids is 1. The number of aryl methyl sites for hydroxylation is 1. The summed E-state index contributed by atoms with van der Waals surface area (Å²) in [5, 5.41) is 8.81. The zero-order chi connectivity index (χ0) is 15.8. The summed E-state index contributed by atoms with van der Waals surface area (Å²) in [6.07, 6.45) is 0.362. The fourth-order valence-corrected chi connectivity index (χ4v) is 2.55. The lowest BCUT2D eigenvalue weighted by molar-refractivity contribution is 0.0326. The zero-order valence-electron chi connectivity index (χ0n) is 13.1. The van der Waals surface area contributed by atoms with Crippen LogP contribution >= 0.6 is 0 Å². The standard InChI is InChI=1S/C17H23N3O2/c1-15-4-2-5-16(14-15)17(21)20(7-3-6-18)9-8-19-10-12-22-13-11-19/h2,4-5,14H,3,7-13H2,1H3. The Labute approximate surface area is 132 Å². The number of nitriles is 1. The number of benzene rings is 1. The molecule has 0 aromatic heterocycles. The first-order chi connectivity index (χ1) is 10.7. The summed E-state index contributed by atoms with van der Waals surface area (Å²) in [4.78, 5) is 16.7. The number of morpholine rings is 1. The van der Waals surface area contributed by atoms with E-state index in [4.69, 9.17) is 10.00 Å². The van der Waals surface area contributed by atoms with Crippen molar-refractivity contribution in [1.29, 1.82) is 5.26 Å². The molecule has 1 fully saturated rings. The molecule has 118 valence electrons. The van der Waals surface area contributed by atoms with Crippen molar-refractivity contribution in [1.82, 2.24) is 9.80 Å². The van der Waals surface area contributed by atoms with Crippen molar-refractivity contribution >= 4 is 5.91 Å². The number of hydrogen-bond acceptors (Lipinski definition) is 4. The van der Waals surface area contributed by atoms with Crippen molar-refractivity contribution in [2.24, 2.45) is 0 Å². The molecule has 22 heavy (non-hydrogen) atoms. The van der Waals surface area contributed by atoms with E-state index in [-0.39, 0.29) is 5.91 Å². The van der Waals surface area contributed by atoms with Gasteiger partial charge in [-0.3, -0.25) is 9.69 Å². The number of carbonyl (C=O) groups is 1. The minimum Gasteiger partial charge on any atom is -0.379 e. The fourth-order valence-electron chi connectivity index (χ4n) is 2.55. The molecule has 1 aliphatic heterocycles. The van der Waals surface area contributed by atoms with E-state index >= 15 is 0 Å². The molecule has 5 heteroatoms. The Morgan fingerprint density at radius 3 is 2.82 bits per heavy atom. The lowest BCUT2D eigenvalue weighted by atomic mass is 10.1. The van der Waals surface area contributed by atoms with Gasteiger partial charge in [0.15, 0.2) is 0 Å². The van der Waals surface area contributed by atoms with Gasteiger partial charge in [-0.25, -0.2) is 0 Å². The van der Waals surface area contributed by atoms with Gasteiger partial charge in [0.05, 0.1) is 25.7 Å². The molecule has 0 aliphatic carbocycles. The SMILES string of the molecule is Cc1cccc(C(=O)N(CCC#N)CCN2CCOCC2)c1. The highest BCUT2D eigenvalue weighted by Crippen LogP contribution is 2.09. The van der Waals surface area contributed by atoms with Gasteiger partial charge in [-0.1, -0.05) is 17.7 Å². The molecule has 1 heterocycles. The van der Waals surface area contributed by atoms with Crippen molar-refractivity contribution in [3.05, 3.63) is 35.4 Å². The molecule has 5 nitrogen and oxygen atoms in total. The third kappa shape index (κ3) is 4.83. The predicted molar refractivity (Wildman–Crippen MR) is 84.6 cm³/mol. The number of nitrogens with zero attached hydrogens (tertiary/aromatic N) is 3. The van der Waals surface area contributed by atoms with E-state index in [1.54, 1.807) is 4.90 Å². The van der Waals surface area contributed by atoms with Crippen molar-refractivity contribution in [3.63, 3.8) is 0 Å². The molecule has 0 bridgehead atoms. The van der Waals surface area contributed by atoms with Gasteiger partial charge in [0.1, 0.15) is 0 Å². The fraction of sp³-hybridized carbons (Fsp3) is 0.529. The van der Waals surface area contributed by atoms with Gasteiger partial charge in [-0.2, -0.15) is 5.26 Å². The van der Waals surface area contributed by atoms with E-state index in [0.717, 1.165) is 38.4 Å². The quantitative estimate of drug-likeness (QED) is 0.802. The van der Waals surface area contributed by atoms with Gasteiger partial charge in [-0.15, -0.1) is 0 Å². The zero-order valence-corrected chi connectivity index (χ0v) is 13.1. The normalized spacial score (nSPS) is 15.3. The summed E-state index contributed by atoms with van der Waals surface area (Å²) in [6, 6.07) is 9.73. The molecule has 0 spiro atoms. The molecule has 0 N–H and O–H groups in total. The van der Waals surface area contributed by atoms with Crippen LogP contribution in [0, 0.1) is 18.3 Å². The van der Waals surface area contributed by atoms with Crippen LogP contribution in [0.15, 0.2) is 24.3 Å². The van der Waals surface area contributed by atoms with Crippen LogP contribution in [0.1, 0.15) is 22.3 Å². The Balaban J connectivity index is 1.98. The highest BCUT2D eigenvalue weighted by atomic mass is 16.5. The Kier molecular flexibility index (Phi) is 6.38. The van der Waals surface area contributed by atoms with E-state index in [9.17, 15) is 4.79 Å². The average Bonchev–Trinajstić information content (AvgIpc) is 2.55. The Bertz CT molecular complexity index is 533. The maximum atomic E-state index is 12.6. The first-order valence-electron chi connectivity index (χ1n) is 7.73. The molecular weight excluding hydrogens is 278 g/mol. The molecular formula is C17H23N3O2. The summed E-state index contributed by atoms with van der Waals surface area (Å²) >= 11 is 0. The minimum absolute atomic E-state index is 0.00668. The molecule has 0 atom stereocenters. The summed E-state index contributed by atoms with van der Waals surface area (Å²) in [5.41, 5.74) is 1.76. The maximum absolute atomic E-state index is 12.6. The lowest BCUT2D eigenvalue weighted by Crippen LogP contribution is -2.43. The van der Waals surface area contributed by atoms with Crippen molar-refractivity contribution in [2.45, 2.75) is 13.3 Å². The second-order valence-corrected chi connectivity index (χ2v) is 5.52. The molecule has 2 rings (SSSR count). The van der Waals surface area contributed by atoms with E-state index < -0.39 is 0 Å². The van der Waals surface area contributed by atoms with Gasteiger partial charge in [-0.05, 0) is 19.1 Å². The van der Waals surface area contributed by atoms with Gasteiger partial charge >= 0.3 is 0 Å². The highest BCUT2D eigenvalue weighted by molar-refractivity contribution is 5.94. The summed E-state index contributed by atoms with van der Waals surface area (Å²) in [7, 11) is 0. The number of rotatable bonds is 6. The molecule has 1 saturated heterocycles. The summed E-state index contributed by atoms with van der Waals surface area (Å²) < 4.78 is 5.34. The van der Waals surface area contributed by atoms with E-state index in [0.29, 0.717) is 25.1 Å². The van der Waals surface area contributed by atoms with Crippen molar-refractivity contribution in [2.75, 3.05) is 45.9 Å². The van der Waals surface area contributed by atoms with Crippen LogP contribution in [-0.2, 0) is 4.74 Å². The molecule has 0 saturated carbocycles. The van der Waals surface area contributed by atoms with Crippen LogP contribution in [0.5, 0.6) is 0 Å². The molecule has 1 aromatic rings. The minimum atomic E-state index is 0.00668. The predicted octanol–water partition coefficient (Wildman–Crippen LogP) is 1.68. The van der Waals surface area contributed by atoms with Gasteiger partial charge in [0, 0.05) is 38.3 Å². The molecule has 0 unspecified atom stereocenters. The van der Waals surface area contributed by atoms with Crippen molar-refractivity contribution in [3.8, 4) is 6.07 Å². The smallest absolute Gasteiger partial charge is 0.253 e. The Morgan fingerprint density at radius 2 is 2.14 bits per heavy atom. The van der Waals surface area contributed by atoms with Crippen LogP contribution in [-0.4, -0.2) is 61.6 Å². The molecule has 1 aliphatic rings. The van der Waals surface area contributed by atoms with Crippen LogP contribution in [0.25, 0.3) is 0 Å². The Hall–Kier alpha value is -1.90. The van der Waals surface area contributed by atoms with Crippen LogP contribution < -0.4 is 0 Å². The van der Waals surface area contributed by atoms with Gasteiger partial charge in [0.25, 0.3) is 5.91 Å². The van der Waals surface area contributed by atoms with Crippen molar-refractivity contribution < 1.29 is 9.53 Å². The largest absolute Gasteiger partial charge is 0.379 e. The van der Waals surface area contributed by atoms with E-state index in [2.05, 4.69) is 11.0 Å². The number of amides is 1. The topological polar surface area (TPSA) is 56.6 Å². The van der Waals surface area contributed by atoms with Crippen LogP contribution in [0.2, 0.25) is 0 Å². The summed E-state index contributed by atoms with van der Waals surface area (Å²) in [6.45, 7) is 7.25. The molecule has 1 aromatic carbocycles. The number of hydrogen-bond donors (Lipinski definition) is 0. The third-order valence-corrected chi connectivity index (χ3v) is 3.84. The summed E-state index contributed by atoms with van der Waals surface area (Å²) in [5.74, 6) is 0.00668. The van der Waals surface area contributed by atoms with Gasteiger partial charge < -0.3 is 9.64 Å². The van der Waals surface area contributed by atoms with E-state index in [1.807, 2.05) is 31.2 Å². The first kappa shape index (κ1) is 16.5. The van der Waals surface area contributed by atoms with Gasteiger partial charge in [0.2, 0.25) is 0 Å². The average molecular weight is 301 g/mol. The lowest BCUT2D eigenvalue weighted by Gasteiger charge is -2.30. The monoisotopic (exact) mass is 301 g/mol. The van der Waals surface area contributed by atoms with E-state index in [1.165, 1.54) is 0 Å². The highest BCUT2D eigenvalue weighted by Gasteiger charge is 2.18. The first-order valence-corrected chi connectivity index (χ1v) is 7.73. The van der Waals surface area contributed by atoms with Crippen LogP contribution in [0.4, 0.5) is 0 Å². The third-order valence-electron chi connectivity index (χ3n) is 3.84. The maximum Gasteiger partial charge on any atom is 0.253 e. The molecule has 0 radical (unpaired) electrons. The number of ether oxygens (including phenoxy) is 1.